The molecule has 0 spiro atoms. The number of likely N-dealkylation sites (tertiary alicyclic amines) is 2. The Hall–Kier alpha value is -2.71. The van der Waals surface area contributed by atoms with Crippen LogP contribution in [0.15, 0.2) is 24.7 Å². The number of hydrogen-bond acceptors (Lipinski definition) is 3. The van der Waals surface area contributed by atoms with Gasteiger partial charge in [-0.25, -0.2) is 23.5 Å². The molecule has 3 aromatic heterocycles. The molecule has 2 fully saturated rings. The Morgan fingerprint density at radius 2 is 2.08 bits per heavy atom. The topological polar surface area (TPSA) is 69.5 Å². The first-order valence-electron chi connectivity index (χ1n) is 8.73. The number of aromatic nitrogens is 4. The Bertz CT molecular complexity index is 988. The SMILES string of the molecule is O=C(N1CCC[C@@H](c2cnc3cnc4[nH]ccc4n23)C1)N1CC(F)(F)C1. The van der Waals surface area contributed by atoms with E-state index in [9.17, 15) is 13.6 Å². The zero-order valence-electron chi connectivity index (χ0n) is 14.0. The average Bonchev–Trinajstić information content (AvgIpc) is 3.24. The van der Waals surface area contributed by atoms with Crippen molar-refractivity contribution in [2.75, 3.05) is 26.2 Å². The highest BCUT2D eigenvalue weighted by molar-refractivity contribution is 5.76. The zero-order chi connectivity index (χ0) is 17.9. The van der Waals surface area contributed by atoms with Crippen LogP contribution in [-0.4, -0.2) is 67.3 Å². The fourth-order valence-electron chi connectivity index (χ4n) is 4.02. The highest BCUT2D eigenvalue weighted by Crippen LogP contribution is 2.32. The fourth-order valence-corrected chi connectivity index (χ4v) is 4.02. The molecule has 0 radical (unpaired) electrons. The van der Waals surface area contributed by atoms with Gasteiger partial charge in [0.25, 0.3) is 5.92 Å². The quantitative estimate of drug-likeness (QED) is 0.725. The number of carbonyl (C=O) groups excluding carboxylic acids is 1. The van der Waals surface area contributed by atoms with Gasteiger partial charge < -0.3 is 14.8 Å². The predicted molar refractivity (Wildman–Crippen MR) is 90.3 cm³/mol. The van der Waals surface area contributed by atoms with E-state index in [2.05, 4.69) is 19.4 Å². The number of nitrogens with one attached hydrogen (secondary N) is 1. The molecule has 1 atom stereocenters. The van der Waals surface area contributed by atoms with E-state index in [4.69, 9.17) is 0 Å². The number of alkyl halides is 2. The molecule has 0 bridgehead atoms. The molecule has 0 unspecified atom stereocenters. The third-order valence-corrected chi connectivity index (χ3v) is 5.30. The van der Waals surface area contributed by atoms with Gasteiger partial charge in [0.15, 0.2) is 11.3 Å². The van der Waals surface area contributed by atoms with Crippen molar-refractivity contribution in [3.05, 3.63) is 30.4 Å². The molecule has 2 aliphatic heterocycles. The van der Waals surface area contributed by atoms with Crippen LogP contribution in [-0.2, 0) is 0 Å². The zero-order valence-corrected chi connectivity index (χ0v) is 14.0. The van der Waals surface area contributed by atoms with Gasteiger partial charge in [-0.1, -0.05) is 0 Å². The van der Waals surface area contributed by atoms with Gasteiger partial charge in [-0.15, -0.1) is 0 Å². The normalized spacial score (nSPS) is 22.8. The van der Waals surface area contributed by atoms with E-state index in [1.54, 1.807) is 11.1 Å². The number of amides is 2. The number of halogens is 2. The van der Waals surface area contributed by atoms with Gasteiger partial charge in [0.1, 0.15) is 0 Å². The van der Waals surface area contributed by atoms with Gasteiger partial charge in [-0.2, -0.15) is 0 Å². The minimum absolute atomic E-state index is 0.116. The van der Waals surface area contributed by atoms with Crippen LogP contribution in [0.4, 0.5) is 13.6 Å². The Morgan fingerprint density at radius 1 is 1.23 bits per heavy atom. The average molecular weight is 360 g/mol. The third-order valence-electron chi connectivity index (χ3n) is 5.30. The summed E-state index contributed by atoms with van der Waals surface area (Å²) >= 11 is 0. The number of imidazole rings is 1. The summed E-state index contributed by atoms with van der Waals surface area (Å²) in [5.41, 5.74) is 3.51. The van der Waals surface area contributed by atoms with Crippen molar-refractivity contribution in [3.63, 3.8) is 0 Å². The molecule has 2 aliphatic rings. The monoisotopic (exact) mass is 360 g/mol. The second-order valence-electron chi connectivity index (χ2n) is 7.13. The summed E-state index contributed by atoms with van der Waals surface area (Å²) in [5, 5.41) is 0. The maximum Gasteiger partial charge on any atom is 0.320 e. The molecule has 1 N–H and O–H groups in total. The number of rotatable bonds is 1. The minimum Gasteiger partial charge on any atom is -0.345 e. The van der Waals surface area contributed by atoms with Crippen molar-refractivity contribution in [1.82, 2.24) is 29.2 Å². The van der Waals surface area contributed by atoms with E-state index in [1.165, 1.54) is 4.90 Å². The van der Waals surface area contributed by atoms with Gasteiger partial charge in [0.05, 0.1) is 24.8 Å². The molecule has 3 aromatic rings. The van der Waals surface area contributed by atoms with Crippen LogP contribution in [0.3, 0.4) is 0 Å². The number of aromatic amines is 1. The predicted octanol–water partition coefficient (Wildman–Crippen LogP) is 2.46. The highest BCUT2D eigenvalue weighted by atomic mass is 19.3. The maximum atomic E-state index is 13.1. The summed E-state index contributed by atoms with van der Waals surface area (Å²) in [6, 6.07) is 1.66. The lowest BCUT2D eigenvalue weighted by Crippen LogP contribution is -2.62. The summed E-state index contributed by atoms with van der Waals surface area (Å²) in [6.45, 7) is 0.175. The molecule has 2 amide bonds. The Balaban J connectivity index is 1.43. The summed E-state index contributed by atoms with van der Waals surface area (Å²) < 4.78 is 28.2. The van der Waals surface area contributed by atoms with Crippen LogP contribution < -0.4 is 0 Å². The highest BCUT2D eigenvalue weighted by Gasteiger charge is 2.47. The molecular formula is C17H18F2N6O. The van der Waals surface area contributed by atoms with Crippen molar-refractivity contribution in [3.8, 4) is 0 Å². The number of urea groups is 1. The van der Waals surface area contributed by atoms with Crippen LogP contribution >= 0.6 is 0 Å². The van der Waals surface area contributed by atoms with E-state index >= 15 is 0 Å². The summed E-state index contributed by atoms with van der Waals surface area (Å²) in [5.74, 6) is -2.62. The fraction of sp³-hybridized carbons (Fsp3) is 0.471. The van der Waals surface area contributed by atoms with Gasteiger partial charge in [0.2, 0.25) is 0 Å². The van der Waals surface area contributed by atoms with E-state index in [-0.39, 0.29) is 11.9 Å². The summed E-state index contributed by atoms with van der Waals surface area (Å²) in [6.07, 6.45) is 7.16. The van der Waals surface area contributed by atoms with Crippen LogP contribution in [0.25, 0.3) is 16.8 Å². The van der Waals surface area contributed by atoms with Crippen LogP contribution in [0, 0.1) is 0 Å². The molecular weight excluding hydrogens is 342 g/mol. The summed E-state index contributed by atoms with van der Waals surface area (Å²) in [7, 11) is 0. The smallest absolute Gasteiger partial charge is 0.320 e. The number of hydrogen-bond donors (Lipinski definition) is 1. The lowest BCUT2D eigenvalue weighted by molar-refractivity contribution is -0.114. The molecule has 26 heavy (non-hydrogen) atoms. The van der Waals surface area contributed by atoms with E-state index in [0.29, 0.717) is 13.1 Å². The molecule has 5 rings (SSSR count). The van der Waals surface area contributed by atoms with E-state index in [0.717, 1.165) is 35.3 Å². The molecule has 7 nitrogen and oxygen atoms in total. The van der Waals surface area contributed by atoms with Crippen molar-refractivity contribution in [2.24, 2.45) is 0 Å². The Labute approximate surface area is 147 Å². The number of carbonyl (C=O) groups is 1. The first-order valence-corrected chi connectivity index (χ1v) is 8.73. The van der Waals surface area contributed by atoms with Crippen LogP contribution in [0.2, 0.25) is 0 Å². The molecule has 9 heteroatoms. The Kier molecular flexibility index (Phi) is 3.22. The molecule has 0 saturated carbocycles. The van der Waals surface area contributed by atoms with Crippen LogP contribution in [0.1, 0.15) is 24.5 Å². The number of nitrogens with zero attached hydrogens (tertiary/aromatic N) is 5. The number of fused-ring (bicyclic) bond motifs is 3. The Morgan fingerprint density at radius 3 is 2.88 bits per heavy atom. The first-order chi connectivity index (χ1) is 12.5. The van der Waals surface area contributed by atoms with E-state index < -0.39 is 19.0 Å². The molecule has 0 aromatic carbocycles. The number of H-pyrrole nitrogens is 1. The van der Waals surface area contributed by atoms with Crippen molar-refractivity contribution in [2.45, 2.75) is 24.7 Å². The standard InChI is InChI=1S/C17H18F2N6O/c18-17(19)9-24(10-17)16(26)23-5-1-2-11(8-23)13-6-21-14-7-22-15-12(25(13)14)3-4-20-15/h3-4,6-7,11,20H,1-2,5,8-10H2/t11-/m1/s1. The number of piperidine rings is 1. The van der Waals surface area contributed by atoms with Crippen LogP contribution in [0.5, 0.6) is 0 Å². The van der Waals surface area contributed by atoms with Gasteiger partial charge in [0, 0.05) is 37.1 Å². The first kappa shape index (κ1) is 15.5. The summed E-state index contributed by atoms with van der Waals surface area (Å²) in [4.78, 5) is 27.3. The lowest BCUT2D eigenvalue weighted by atomic mass is 9.95. The van der Waals surface area contributed by atoms with Gasteiger partial charge in [-0.3, -0.25) is 4.40 Å². The van der Waals surface area contributed by atoms with E-state index in [1.807, 2.05) is 18.5 Å². The molecule has 136 valence electrons. The molecule has 5 heterocycles. The van der Waals surface area contributed by atoms with Crippen molar-refractivity contribution >= 4 is 22.8 Å². The second kappa shape index (κ2) is 5.39. The van der Waals surface area contributed by atoms with Crippen molar-refractivity contribution in [1.29, 1.82) is 0 Å². The largest absolute Gasteiger partial charge is 0.345 e. The third kappa shape index (κ3) is 2.33. The minimum atomic E-state index is -2.74. The van der Waals surface area contributed by atoms with Gasteiger partial charge in [-0.05, 0) is 18.9 Å². The second-order valence-corrected chi connectivity index (χ2v) is 7.13. The van der Waals surface area contributed by atoms with Gasteiger partial charge >= 0.3 is 6.03 Å². The van der Waals surface area contributed by atoms with Crippen molar-refractivity contribution < 1.29 is 13.6 Å². The maximum absolute atomic E-state index is 13.1. The molecule has 2 saturated heterocycles. The lowest BCUT2D eigenvalue weighted by Gasteiger charge is -2.43. The molecule has 0 aliphatic carbocycles.